The molecule has 0 aromatic heterocycles. The zero-order chi connectivity index (χ0) is 11.6. The summed E-state index contributed by atoms with van der Waals surface area (Å²) < 4.78 is 13.6. The quantitative estimate of drug-likeness (QED) is 0.840. The van der Waals surface area contributed by atoms with Crippen molar-refractivity contribution in [3.63, 3.8) is 0 Å². The summed E-state index contributed by atoms with van der Waals surface area (Å²) in [6.45, 7) is 3.57. The van der Waals surface area contributed by atoms with E-state index in [4.69, 9.17) is 22.4 Å². The van der Waals surface area contributed by atoms with Gasteiger partial charge in [0.05, 0.1) is 17.7 Å². The van der Waals surface area contributed by atoms with Crippen LogP contribution in [0.2, 0.25) is 5.02 Å². The van der Waals surface area contributed by atoms with Gasteiger partial charge in [0.1, 0.15) is 5.82 Å². The molecule has 1 unspecified atom stereocenters. The van der Waals surface area contributed by atoms with Crippen LogP contribution >= 0.6 is 11.6 Å². The first-order chi connectivity index (χ1) is 6.97. The fourth-order valence-electron chi connectivity index (χ4n) is 1.37. The molecule has 0 heterocycles. The van der Waals surface area contributed by atoms with Crippen LogP contribution < -0.4 is 5.73 Å². The average Bonchev–Trinajstić information content (AvgIpc) is 2.20. The van der Waals surface area contributed by atoms with Gasteiger partial charge in [-0.3, -0.25) is 0 Å². The molecule has 0 bridgehead atoms. The number of halogens is 2. The van der Waals surface area contributed by atoms with Crippen LogP contribution in [0.25, 0.3) is 0 Å². The third-order valence-corrected chi connectivity index (χ3v) is 2.60. The van der Waals surface area contributed by atoms with Gasteiger partial charge in [-0.05, 0) is 23.1 Å². The van der Waals surface area contributed by atoms with Crippen molar-refractivity contribution in [3.05, 3.63) is 34.1 Å². The molecule has 1 aromatic rings. The molecule has 1 atom stereocenters. The molecular weight excluding hydrogens is 217 g/mol. The second-order valence-electron chi connectivity index (χ2n) is 3.85. The van der Waals surface area contributed by atoms with E-state index in [1.165, 1.54) is 6.07 Å². The number of aliphatic hydroxyl groups is 1. The highest BCUT2D eigenvalue weighted by molar-refractivity contribution is 6.30. The summed E-state index contributed by atoms with van der Waals surface area (Å²) in [6.07, 6.45) is 0. The van der Waals surface area contributed by atoms with Crippen molar-refractivity contribution in [2.24, 2.45) is 5.73 Å². The Morgan fingerprint density at radius 2 is 2.07 bits per heavy atom. The molecule has 0 saturated heterocycles. The molecule has 0 aliphatic carbocycles. The third-order valence-electron chi connectivity index (χ3n) is 2.33. The van der Waals surface area contributed by atoms with Crippen LogP contribution in [0.15, 0.2) is 12.1 Å². The van der Waals surface area contributed by atoms with Crippen molar-refractivity contribution in [1.82, 2.24) is 0 Å². The largest absolute Gasteiger partial charge is 0.394 e. The molecule has 2 nitrogen and oxygen atoms in total. The molecule has 1 rings (SSSR count). The van der Waals surface area contributed by atoms with E-state index in [9.17, 15) is 4.39 Å². The second kappa shape index (κ2) is 4.92. The van der Waals surface area contributed by atoms with Crippen LogP contribution in [-0.2, 0) is 0 Å². The lowest BCUT2D eigenvalue weighted by Crippen LogP contribution is -2.15. The number of aliphatic hydroxyl groups excluding tert-OH is 1. The minimum Gasteiger partial charge on any atom is -0.394 e. The highest BCUT2D eigenvalue weighted by Crippen LogP contribution is 2.28. The number of nitrogens with two attached hydrogens (primary N) is 1. The van der Waals surface area contributed by atoms with E-state index in [1.54, 1.807) is 6.07 Å². The van der Waals surface area contributed by atoms with E-state index in [0.29, 0.717) is 11.1 Å². The first kappa shape index (κ1) is 12.4. The average molecular weight is 232 g/mol. The third kappa shape index (κ3) is 2.68. The SMILES string of the molecule is CC(C)c1cc(C(N)CO)cc(Cl)c1F. The van der Waals surface area contributed by atoms with E-state index in [1.807, 2.05) is 13.8 Å². The first-order valence-electron chi connectivity index (χ1n) is 4.82. The number of hydrogen-bond donors (Lipinski definition) is 2. The Morgan fingerprint density at radius 3 is 2.53 bits per heavy atom. The number of rotatable bonds is 3. The van der Waals surface area contributed by atoms with Gasteiger partial charge in [-0.1, -0.05) is 31.5 Å². The standard InChI is InChI=1S/C11H15ClFNO/c1-6(2)8-3-7(10(14)5-15)4-9(12)11(8)13/h3-4,6,10,15H,5,14H2,1-2H3. The summed E-state index contributed by atoms with van der Waals surface area (Å²) in [5.74, 6) is -0.367. The zero-order valence-corrected chi connectivity index (χ0v) is 9.55. The molecule has 1 aromatic carbocycles. The molecule has 0 saturated carbocycles. The smallest absolute Gasteiger partial charge is 0.145 e. The predicted molar refractivity (Wildman–Crippen MR) is 59.5 cm³/mol. The van der Waals surface area contributed by atoms with Crippen LogP contribution in [0.5, 0.6) is 0 Å². The highest BCUT2D eigenvalue weighted by atomic mass is 35.5. The summed E-state index contributed by atoms with van der Waals surface area (Å²) >= 11 is 5.75. The van der Waals surface area contributed by atoms with Crippen LogP contribution in [0.4, 0.5) is 4.39 Å². The fourth-order valence-corrected chi connectivity index (χ4v) is 1.61. The van der Waals surface area contributed by atoms with Crippen LogP contribution in [-0.4, -0.2) is 11.7 Å². The molecule has 15 heavy (non-hydrogen) atoms. The van der Waals surface area contributed by atoms with Crippen molar-refractivity contribution in [1.29, 1.82) is 0 Å². The van der Waals surface area contributed by atoms with Gasteiger partial charge in [-0.15, -0.1) is 0 Å². The zero-order valence-electron chi connectivity index (χ0n) is 8.80. The summed E-state index contributed by atoms with van der Waals surface area (Å²) in [5, 5.41) is 8.97. The van der Waals surface area contributed by atoms with E-state index in [-0.39, 0.29) is 17.5 Å². The van der Waals surface area contributed by atoms with Crippen molar-refractivity contribution in [2.75, 3.05) is 6.61 Å². The molecule has 0 radical (unpaired) electrons. The molecule has 0 amide bonds. The summed E-state index contributed by atoms with van der Waals surface area (Å²) in [5.41, 5.74) is 6.84. The van der Waals surface area contributed by atoms with Crippen molar-refractivity contribution < 1.29 is 9.50 Å². The topological polar surface area (TPSA) is 46.2 Å². The maximum Gasteiger partial charge on any atom is 0.145 e. The second-order valence-corrected chi connectivity index (χ2v) is 4.26. The molecule has 84 valence electrons. The molecule has 4 heteroatoms. The highest BCUT2D eigenvalue weighted by Gasteiger charge is 2.15. The van der Waals surface area contributed by atoms with Crippen molar-refractivity contribution in [3.8, 4) is 0 Å². The fraction of sp³-hybridized carbons (Fsp3) is 0.455. The van der Waals surface area contributed by atoms with Crippen LogP contribution in [0.1, 0.15) is 36.9 Å². The molecule has 3 N–H and O–H groups in total. The Labute approximate surface area is 93.9 Å². The van der Waals surface area contributed by atoms with Crippen LogP contribution in [0.3, 0.4) is 0 Å². The van der Waals surface area contributed by atoms with Crippen LogP contribution in [0, 0.1) is 5.82 Å². The Bertz CT molecular complexity index is 355. The Morgan fingerprint density at radius 1 is 1.47 bits per heavy atom. The Hall–Kier alpha value is -0.640. The lowest BCUT2D eigenvalue weighted by Gasteiger charge is -2.14. The van der Waals surface area contributed by atoms with Gasteiger partial charge in [0.2, 0.25) is 0 Å². The van der Waals surface area contributed by atoms with Gasteiger partial charge in [0, 0.05) is 0 Å². The van der Waals surface area contributed by atoms with Crippen molar-refractivity contribution in [2.45, 2.75) is 25.8 Å². The predicted octanol–water partition coefficient (Wildman–Crippen LogP) is 2.59. The first-order valence-corrected chi connectivity index (χ1v) is 5.20. The van der Waals surface area contributed by atoms with Gasteiger partial charge in [0.15, 0.2) is 0 Å². The van der Waals surface area contributed by atoms with E-state index in [0.717, 1.165) is 0 Å². The lowest BCUT2D eigenvalue weighted by molar-refractivity contribution is 0.268. The summed E-state index contributed by atoms with van der Waals surface area (Å²) in [7, 11) is 0. The molecule has 0 spiro atoms. The lowest BCUT2D eigenvalue weighted by atomic mass is 9.97. The normalized spacial score (nSPS) is 13.3. The molecular formula is C11H15ClFNO. The minimum atomic E-state index is -0.513. The van der Waals surface area contributed by atoms with E-state index >= 15 is 0 Å². The van der Waals surface area contributed by atoms with E-state index in [2.05, 4.69) is 0 Å². The Balaban J connectivity index is 3.23. The van der Waals surface area contributed by atoms with Gasteiger partial charge >= 0.3 is 0 Å². The van der Waals surface area contributed by atoms with Gasteiger partial charge in [-0.2, -0.15) is 0 Å². The maximum atomic E-state index is 13.6. The van der Waals surface area contributed by atoms with Crippen molar-refractivity contribution >= 4 is 11.6 Å². The monoisotopic (exact) mass is 231 g/mol. The van der Waals surface area contributed by atoms with E-state index < -0.39 is 11.9 Å². The molecule has 0 aliphatic heterocycles. The summed E-state index contributed by atoms with van der Waals surface area (Å²) in [6, 6.07) is 2.61. The molecule has 0 aliphatic rings. The number of hydrogen-bond acceptors (Lipinski definition) is 2. The van der Waals surface area contributed by atoms with Gasteiger partial charge in [0.25, 0.3) is 0 Å². The van der Waals surface area contributed by atoms with Gasteiger partial charge < -0.3 is 10.8 Å². The maximum absolute atomic E-state index is 13.6. The Kier molecular flexibility index (Phi) is 4.08. The molecule has 0 fully saturated rings. The minimum absolute atomic E-state index is 0.0355. The van der Waals surface area contributed by atoms with Gasteiger partial charge in [-0.25, -0.2) is 4.39 Å². The number of benzene rings is 1. The summed E-state index contributed by atoms with van der Waals surface area (Å²) in [4.78, 5) is 0.